The van der Waals surface area contributed by atoms with Crippen LogP contribution in [0.2, 0.25) is 0 Å². The second kappa shape index (κ2) is 11.0. The molecule has 2 heterocycles. The van der Waals surface area contributed by atoms with Gasteiger partial charge >= 0.3 is 0 Å². The molecule has 2 aromatic carbocycles. The van der Waals surface area contributed by atoms with Crippen molar-refractivity contribution in [3.8, 4) is 11.5 Å². The summed E-state index contributed by atoms with van der Waals surface area (Å²) in [6, 6.07) is 11.5. The number of morpholine rings is 1. The van der Waals surface area contributed by atoms with Gasteiger partial charge in [-0.3, -0.25) is 14.6 Å². The molecule has 1 aromatic heterocycles. The van der Waals surface area contributed by atoms with Crippen LogP contribution in [0.5, 0.6) is 11.5 Å². The number of para-hydroxylation sites is 2. The molecule has 0 bridgehead atoms. The number of hydrogen-bond donors (Lipinski definition) is 0. The Morgan fingerprint density at radius 1 is 1.16 bits per heavy atom. The lowest BCUT2D eigenvalue weighted by atomic mass is 10.1. The number of methoxy groups -OCH3 is 2. The van der Waals surface area contributed by atoms with Crippen LogP contribution >= 0.6 is 23.7 Å². The summed E-state index contributed by atoms with van der Waals surface area (Å²) >= 11 is 1.53. The summed E-state index contributed by atoms with van der Waals surface area (Å²) in [5.74, 6) is 0.811. The van der Waals surface area contributed by atoms with Crippen LogP contribution in [0.3, 0.4) is 0 Å². The van der Waals surface area contributed by atoms with E-state index < -0.39 is 0 Å². The molecule has 0 saturated carbocycles. The molecule has 172 valence electrons. The fraction of sp³-hybridized carbons (Fsp3) is 0.391. The number of aryl methyl sites for hydroxylation is 1. The third-order valence-electron chi connectivity index (χ3n) is 5.46. The lowest BCUT2D eigenvalue weighted by Crippen LogP contribution is -2.43. The molecule has 4 rings (SSSR count). The zero-order valence-electron chi connectivity index (χ0n) is 18.5. The van der Waals surface area contributed by atoms with E-state index in [9.17, 15) is 4.79 Å². The predicted octanol–water partition coefficient (Wildman–Crippen LogP) is 4.02. The predicted molar refractivity (Wildman–Crippen MR) is 130 cm³/mol. The highest BCUT2D eigenvalue weighted by Gasteiger charge is 2.26. The minimum Gasteiger partial charge on any atom is -0.493 e. The minimum atomic E-state index is -0.152. The molecule has 3 aromatic rings. The van der Waals surface area contributed by atoms with Crippen molar-refractivity contribution in [2.75, 3.05) is 58.5 Å². The molecule has 0 spiro atoms. The standard InChI is InChI=1S/C23H27N3O4S.ClH/c1-16-6-4-9-19-20(16)24-23(31-19)26(11-10-25-12-14-30-15-13-25)22(27)17-7-5-8-18(28-2)21(17)29-3;/h4-9H,10-15H2,1-3H3;1H. The van der Waals surface area contributed by atoms with Crippen LogP contribution in [0.25, 0.3) is 10.2 Å². The number of fused-ring (bicyclic) bond motifs is 1. The van der Waals surface area contributed by atoms with Gasteiger partial charge in [0.2, 0.25) is 0 Å². The first-order valence-corrected chi connectivity index (χ1v) is 11.1. The van der Waals surface area contributed by atoms with Crippen molar-refractivity contribution in [3.63, 3.8) is 0 Å². The number of rotatable bonds is 7. The van der Waals surface area contributed by atoms with Gasteiger partial charge in [-0.2, -0.15) is 0 Å². The third-order valence-corrected chi connectivity index (χ3v) is 6.51. The van der Waals surface area contributed by atoms with E-state index in [1.54, 1.807) is 37.3 Å². The Bertz CT molecular complexity index is 1070. The summed E-state index contributed by atoms with van der Waals surface area (Å²) in [6.07, 6.45) is 0. The Morgan fingerprint density at radius 2 is 1.91 bits per heavy atom. The summed E-state index contributed by atoms with van der Waals surface area (Å²) in [6.45, 7) is 6.48. The molecule has 0 unspecified atom stereocenters. The van der Waals surface area contributed by atoms with E-state index in [0.29, 0.717) is 28.7 Å². The number of anilines is 1. The highest BCUT2D eigenvalue weighted by molar-refractivity contribution is 7.22. The van der Waals surface area contributed by atoms with Gasteiger partial charge in [-0.15, -0.1) is 12.4 Å². The first-order chi connectivity index (χ1) is 15.1. The molecule has 9 heteroatoms. The molecule has 1 fully saturated rings. The van der Waals surface area contributed by atoms with Gasteiger partial charge in [0.15, 0.2) is 16.6 Å². The van der Waals surface area contributed by atoms with Crippen molar-refractivity contribution in [1.82, 2.24) is 9.88 Å². The molecular weight excluding hydrogens is 450 g/mol. The number of halogens is 1. The zero-order chi connectivity index (χ0) is 21.8. The minimum absolute atomic E-state index is 0. The Morgan fingerprint density at radius 3 is 2.59 bits per heavy atom. The smallest absolute Gasteiger partial charge is 0.264 e. The number of aromatic nitrogens is 1. The van der Waals surface area contributed by atoms with Gasteiger partial charge in [-0.25, -0.2) is 4.98 Å². The first kappa shape index (κ1) is 24.3. The number of carbonyl (C=O) groups excluding carboxylic acids is 1. The molecule has 0 radical (unpaired) electrons. The van der Waals surface area contributed by atoms with Crippen LogP contribution in [-0.4, -0.2) is 69.4 Å². The number of amides is 1. The number of benzene rings is 2. The van der Waals surface area contributed by atoms with Crippen LogP contribution in [0.4, 0.5) is 5.13 Å². The highest BCUT2D eigenvalue weighted by atomic mass is 35.5. The lowest BCUT2D eigenvalue weighted by Gasteiger charge is -2.29. The number of carbonyl (C=O) groups is 1. The van der Waals surface area contributed by atoms with E-state index >= 15 is 0 Å². The quantitative estimate of drug-likeness (QED) is 0.512. The van der Waals surface area contributed by atoms with Crippen LogP contribution in [0.1, 0.15) is 15.9 Å². The maximum absolute atomic E-state index is 13.7. The number of ether oxygens (including phenoxy) is 3. The number of thiazole rings is 1. The SMILES string of the molecule is COc1cccc(C(=O)N(CCN2CCOCC2)c2nc3c(C)cccc3s2)c1OC.Cl. The maximum Gasteiger partial charge on any atom is 0.264 e. The summed E-state index contributed by atoms with van der Waals surface area (Å²) in [5, 5.41) is 0.687. The summed E-state index contributed by atoms with van der Waals surface area (Å²) < 4.78 is 17.5. The van der Waals surface area contributed by atoms with Crippen molar-refractivity contribution >= 4 is 45.0 Å². The normalized spacial score (nSPS) is 14.1. The maximum atomic E-state index is 13.7. The van der Waals surface area contributed by atoms with Gasteiger partial charge in [0.1, 0.15) is 0 Å². The van der Waals surface area contributed by atoms with E-state index in [0.717, 1.165) is 48.6 Å². The second-order valence-electron chi connectivity index (χ2n) is 7.37. The summed E-state index contributed by atoms with van der Waals surface area (Å²) in [4.78, 5) is 22.6. The largest absolute Gasteiger partial charge is 0.493 e. The van der Waals surface area contributed by atoms with Crippen molar-refractivity contribution < 1.29 is 19.0 Å². The molecule has 1 aliphatic heterocycles. The average molecular weight is 478 g/mol. The fourth-order valence-corrected chi connectivity index (χ4v) is 4.81. The monoisotopic (exact) mass is 477 g/mol. The zero-order valence-corrected chi connectivity index (χ0v) is 20.1. The number of hydrogen-bond acceptors (Lipinski definition) is 7. The molecule has 0 N–H and O–H groups in total. The van der Waals surface area contributed by atoms with Gasteiger partial charge in [-0.05, 0) is 30.7 Å². The van der Waals surface area contributed by atoms with Gasteiger partial charge in [0.05, 0.1) is 43.2 Å². The van der Waals surface area contributed by atoms with E-state index in [1.165, 1.54) is 11.3 Å². The van der Waals surface area contributed by atoms with Crippen LogP contribution < -0.4 is 14.4 Å². The number of nitrogens with zero attached hydrogens (tertiary/aromatic N) is 3. The summed E-state index contributed by atoms with van der Waals surface area (Å²) in [7, 11) is 3.12. The van der Waals surface area contributed by atoms with E-state index in [2.05, 4.69) is 4.90 Å². The Labute approximate surface area is 198 Å². The van der Waals surface area contributed by atoms with E-state index in [4.69, 9.17) is 19.2 Å². The molecule has 1 amide bonds. The second-order valence-corrected chi connectivity index (χ2v) is 8.38. The van der Waals surface area contributed by atoms with Crippen molar-refractivity contribution in [1.29, 1.82) is 0 Å². The van der Waals surface area contributed by atoms with E-state index in [-0.39, 0.29) is 18.3 Å². The van der Waals surface area contributed by atoms with Gasteiger partial charge < -0.3 is 14.2 Å². The van der Waals surface area contributed by atoms with Gasteiger partial charge in [-0.1, -0.05) is 29.5 Å². The van der Waals surface area contributed by atoms with Gasteiger partial charge in [0.25, 0.3) is 5.91 Å². The Hall–Kier alpha value is -2.39. The van der Waals surface area contributed by atoms with E-state index in [1.807, 2.05) is 25.1 Å². The molecule has 1 aliphatic rings. The topological polar surface area (TPSA) is 64.1 Å². The molecular formula is C23H28ClN3O4S. The fourth-order valence-electron chi connectivity index (χ4n) is 3.74. The van der Waals surface area contributed by atoms with Crippen molar-refractivity contribution in [2.24, 2.45) is 0 Å². The van der Waals surface area contributed by atoms with Gasteiger partial charge in [0, 0.05) is 26.2 Å². The van der Waals surface area contributed by atoms with Crippen LogP contribution in [0.15, 0.2) is 36.4 Å². The third kappa shape index (κ3) is 4.99. The highest BCUT2D eigenvalue weighted by Crippen LogP contribution is 2.35. The molecule has 0 atom stereocenters. The van der Waals surface area contributed by atoms with Crippen molar-refractivity contribution in [3.05, 3.63) is 47.5 Å². The average Bonchev–Trinajstić information content (AvgIpc) is 3.24. The van der Waals surface area contributed by atoms with Crippen LogP contribution in [-0.2, 0) is 4.74 Å². The molecule has 7 nitrogen and oxygen atoms in total. The Kier molecular flexibility index (Phi) is 8.31. The lowest BCUT2D eigenvalue weighted by molar-refractivity contribution is 0.0391. The Balaban J connectivity index is 0.00000289. The molecule has 0 aliphatic carbocycles. The van der Waals surface area contributed by atoms with Crippen LogP contribution in [0, 0.1) is 6.92 Å². The molecule has 1 saturated heterocycles. The first-order valence-electron chi connectivity index (χ1n) is 10.3. The van der Waals surface area contributed by atoms with Crippen molar-refractivity contribution in [2.45, 2.75) is 6.92 Å². The molecule has 32 heavy (non-hydrogen) atoms. The summed E-state index contributed by atoms with van der Waals surface area (Å²) in [5.41, 5.74) is 2.49.